The van der Waals surface area contributed by atoms with Crippen molar-refractivity contribution < 1.29 is 28.6 Å². The summed E-state index contributed by atoms with van der Waals surface area (Å²) in [6.45, 7) is 5.40. The second kappa shape index (κ2) is 11.0. The molecule has 1 amide bonds. The molecule has 0 aliphatic carbocycles. The maximum atomic E-state index is 13.5. The van der Waals surface area contributed by atoms with Gasteiger partial charge in [-0.25, -0.2) is 9.79 Å². The number of amides is 1. The van der Waals surface area contributed by atoms with Crippen molar-refractivity contribution in [2.75, 3.05) is 19.0 Å². The fourth-order valence-corrected chi connectivity index (χ4v) is 3.77. The number of methoxy groups -OCH3 is 1. The van der Waals surface area contributed by atoms with Crippen LogP contribution in [0.4, 0.5) is 11.4 Å². The number of nitrogens with zero attached hydrogens (tertiary/aromatic N) is 2. The second-order valence-electron chi connectivity index (χ2n) is 8.27. The molecule has 2 heterocycles. The number of aliphatic hydroxyl groups is 1. The van der Waals surface area contributed by atoms with Crippen LogP contribution in [-0.4, -0.2) is 35.7 Å². The molecule has 0 aliphatic rings. The number of carbonyl (C=O) groups excluding carboxylic acids is 2. The highest BCUT2D eigenvalue weighted by Gasteiger charge is 2.18. The Kier molecular flexibility index (Phi) is 7.64. The molecule has 4 rings (SSSR count). The molecule has 0 aliphatic heterocycles. The van der Waals surface area contributed by atoms with Crippen molar-refractivity contribution in [2.45, 2.75) is 27.4 Å². The lowest BCUT2D eigenvalue weighted by atomic mass is 10.1. The summed E-state index contributed by atoms with van der Waals surface area (Å²) in [5, 5.41) is 13.3. The quantitative estimate of drug-likeness (QED) is 0.355. The summed E-state index contributed by atoms with van der Waals surface area (Å²) in [5.74, 6) is -0.412. The smallest absolute Gasteiger partial charge is 0.338 e. The van der Waals surface area contributed by atoms with Crippen LogP contribution in [-0.2, 0) is 11.3 Å². The Morgan fingerprint density at radius 1 is 1.11 bits per heavy atom. The van der Waals surface area contributed by atoms with E-state index in [1.165, 1.54) is 7.11 Å². The van der Waals surface area contributed by atoms with E-state index in [9.17, 15) is 14.7 Å². The van der Waals surface area contributed by atoms with E-state index >= 15 is 0 Å². The van der Waals surface area contributed by atoms with E-state index in [1.807, 2.05) is 13.0 Å². The summed E-state index contributed by atoms with van der Waals surface area (Å²) in [7, 11) is 1.52. The molecule has 37 heavy (non-hydrogen) atoms. The minimum Gasteiger partial charge on any atom is -0.495 e. The topological polar surface area (TPSA) is 123 Å². The molecule has 0 atom stereocenters. The van der Waals surface area contributed by atoms with E-state index in [1.54, 1.807) is 62.5 Å². The first-order valence-corrected chi connectivity index (χ1v) is 11.7. The van der Waals surface area contributed by atoms with Gasteiger partial charge in [-0.2, -0.15) is 0 Å². The largest absolute Gasteiger partial charge is 0.495 e. The standard InChI is InChI=1S/C28H27N3O6/c1-5-36-28(34)18-7-9-20(10-8-18)30-27-22(13-21-19(15-32)14-29-17(3)25(21)37-27)26(33)31-23-12-16(2)6-11-24(23)35-4/h6-14,32H,5,15H2,1-4H3,(H,31,33). The molecule has 9 nitrogen and oxygen atoms in total. The molecule has 0 spiro atoms. The average Bonchev–Trinajstić information content (AvgIpc) is 2.89. The Bertz CT molecular complexity index is 1540. The van der Waals surface area contributed by atoms with E-state index in [2.05, 4.69) is 15.3 Å². The van der Waals surface area contributed by atoms with E-state index < -0.39 is 11.9 Å². The molecule has 0 saturated carbocycles. The van der Waals surface area contributed by atoms with Gasteiger partial charge in [0, 0.05) is 17.1 Å². The van der Waals surface area contributed by atoms with Gasteiger partial charge >= 0.3 is 5.97 Å². The molecular weight excluding hydrogens is 474 g/mol. The molecular formula is C28H27N3O6. The molecule has 2 aromatic heterocycles. The number of aryl methyl sites for hydroxylation is 2. The maximum Gasteiger partial charge on any atom is 0.338 e. The van der Waals surface area contributed by atoms with Crippen molar-refractivity contribution in [1.82, 2.24) is 4.98 Å². The van der Waals surface area contributed by atoms with Crippen molar-refractivity contribution in [3.8, 4) is 5.75 Å². The van der Waals surface area contributed by atoms with Crippen LogP contribution in [0.1, 0.15) is 44.5 Å². The fourth-order valence-electron chi connectivity index (χ4n) is 3.77. The predicted octanol–water partition coefficient (Wildman–Crippen LogP) is 4.61. The highest BCUT2D eigenvalue weighted by Crippen LogP contribution is 2.27. The first-order chi connectivity index (χ1) is 17.8. The third-order valence-electron chi connectivity index (χ3n) is 5.68. The predicted molar refractivity (Wildman–Crippen MR) is 138 cm³/mol. The molecule has 2 aromatic carbocycles. The molecule has 2 N–H and O–H groups in total. The van der Waals surface area contributed by atoms with Crippen molar-refractivity contribution in [2.24, 2.45) is 4.99 Å². The Morgan fingerprint density at radius 2 is 1.86 bits per heavy atom. The first kappa shape index (κ1) is 25.6. The summed E-state index contributed by atoms with van der Waals surface area (Å²) in [5.41, 5.74) is 3.95. The number of hydrogen-bond donors (Lipinski definition) is 2. The van der Waals surface area contributed by atoms with E-state index in [4.69, 9.17) is 13.9 Å². The number of esters is 1. The summed E-state index contributed by atoms with van der Waals surface area (Å²) < 4.78 is 16.5. The summed E-state index contributed by atoms with van der Waals surface area (Å²) in [6.07, 6.45) is 1.55. The number of fused-ring (bicyclic) bond motifs is 1. The Balaban J connectivity index is 1.86. The normalized spacial score (nSPS) is 11.4. The number of carbonyl (C=O) groups is 2. The van der Waals surface area contributed by atoms with Crippen LogP contribution in [0.15, 0.2) is 64.1 Å². The Morgan fingerprint density at radius 3 is 2.54 bits per heavy atom. The van der Waals surface area contributed by atoms with Gasteiger partial charge in [0.1, 0.15) is 11.3 Å². The summed E-state index contributed by atoms with van der Waals surface area (Å²) in [4.78, 5) is 34.4. The van der Waals surface area contributed by atoms with Gasteiger partial charge in [-0.15, -0.1) is 0 Å². The Labute approximate surface area is 213 Å². The number of aromatic nitrogens is 1. The van der Waals surface area contributed by atoms with Crippen molar-refractivity contribution in [3.63, 3.8) is 0 Å². The van der Waals surface area contributed by atoms with E-state index in [-0.39, 0.29) is 24.3 Å². The number of hydrogen-bond acceptors (Lipinski definition) is 8. The second-order valence-corrected chi connectivity index (χ2v) is 8.27. The van der Waals surface area contributed by atoms with Crippen LogP contribution in [0.3, 0.4) is 0 Å². The number of nitrogens with one attached hydrogen (secondary N) is 1. The van der Waals surface area contributed by atoms with Crippen molar-refractivity contribution in [3.05, 3.63) is 88.2 Å². The summed E-state index contributed by atoms with van der Waals surface area (Å²) >= 11 is 0. The van der Waals surface area contributed by atoms with Crippen LogP contribution in [0.2, 0.25) is 0 Å². The zero-order valence-electron chi connectivity index (χ0n) is 21.0. The zero-order chi connectivity index (χ0) is 26.5. The van der Waals surface area contributed by atoms with Crippen molar-refractivity contribution >= 4 is 34.2 Å². The zero-order valence-corrected chi connectivity index (χ0v) is 21.0. The van der Waals surface area contributed by atoms with Gasteiger partial charge in [-0.1, -0.05) is 6.07 Å². The van der Waals surface area contributed by atoms with Crippen molar-refractivity contribution in [1.29, 1.82) is 0 Å². The molecule has 4 aromatic rings. The number of benzene rings is 2. The third kappa shape index (κ3) is 5.52. The first-order valence-electron chi connectivity index (χ1n) is 11.7. The van der Waals surface area contributed by atoms with Crippen LogP contribution >= 0.6 is 0 Å². The molecule has 0 fully saturated rings. The van der Waals surface area contributed by atoms with Gasteiger partial charge in [0.25, 0.3) is 5.91 Å². The highest BCUT2D eigenvalue weighted by molar-refractivity contribution is 6.06. The van der Waals surface area contributed by atoms with Crippen LogP contribution < -0.4 is 15.6 Å². The molecule has 0 saturated heterocycles. The van der Waals surface area contributed by atoms with Gasteiger partial charge in [-0.05, 0) is 68.8 Å². The van der Waals surface area contributed by atoms with Gasteiger partial charge < -0.3 is 24.3 Å². The Hall–Kier alpha value is -4.50. The van der Waals surface area contributed by atoms with Crippen LogP contribution in [0.25, 0.3) is 11.0 Å². The van der Waals surface area contributed by atoms with E-state index in [0.29, 0.717) is 44.9 Å². The van der Waals surface area contributed by atoms with Gasteiger partial charge in [0.2, 0.25) is 5.55 Å². The number of pyridine rings is 1. The fraction of sp³-hybridized carbons (Fsp3) is 0.214. The molecule has 0 bridgehead atoms. The number of anilines is 1. The number of ether oxygens (including phenoxy) is 2. The third-order valence-corrected chi connectivity index (χ3v) is 5.68. The monoisotopic (exact) mass is 501 g/mol. The molecule has 190 valence electrons. The molecule has 9 heteroatoms. The minimum absolute atomic E-state index is 0.0421. The lowest BCUT2D eigenvalue weighted by Gasteiger charge is -2.12. The van der Waals surface area contributed by atoms with Gasteiger partial charge in [0.05, 0.1) is 43.0 Å². The lowest BCUT2D eigenvalue weighted by Crippen LogP contribution is -2.22. The van der Waals surface area contributed by atoms with Crippen LogP contribution in [0, 0.1) is 13.8 Å². The highest BCUT2D eigenvalue weighted by atomic mass is 16.5. The minimum atomic E-state index is -0.477. The average molecular weight is 502 g/mol. The summed E-state index contributed by atoms with van der Waals surface area (Å²) in [6, 6.07) is 13.5. The number of rotatable bonds is 7. The van der Waals surface area contributed by atoms with Gasteiger partial charge in [0.15, 0.2) is 5.58 Å². The number of aliphatic hydroxyl groups excluding tert-OH is 1. The van der Waals surface area contributed by atoms with E-state index in [0.717, 1.165) is 5.56 Å². The van der Waals surface area contributed by atoms with Crippen LogP contribution in [0.5, 0.6) is 5.75 Å². The maximum absolute atomic E-state index is 13.5. The molecule has 0 radical (unpaired) electrons. The lowest BCUT2D eigenvalue weighted by molar-refractivity contribution is 0.0526. The molecule has 0 unspecified atom stereocenters. The van der Waals surface area contributed by atoms with Gasteiger partial charge in [-0.3, -0.25) is 9.78 Å². The SMILES string of the molecule is CCOC(=O)c1ccc(N=c2oc3c(C)ncc(CO)c3cc2C(=O)Nc2cc(C)ccc2OC)cc1.